The molecule has 1 heterocycles. The smallest absolute Gasteiger partial charge is 0.255 e. The van der Waals surface area contributed by atoms with Crippen LogP contribution in [0, 0.1) is 11.3 Å². The highest BCUT2D eigenvalue weighted by molar-refractivity contribution is 7.88. The van der Waals surface area contributed by atoms with E-state index in [0.29, 0.717) is 12.8 Å². The lowest BCUT2D eigenvalue weighted by Crippen LogP contribution is -2.50. The molecule has 1 aliphatic carbocycles. The summed E-state index contributed by atoms with van der Waals surface area (Å²) < 4.78 is 50.0. The van der Waals surface area contributed by atoms with E-state index in [1.165, 1.54) is 9.21 Å². The van der Waals surface area contributed by atoms with Crippen LogP contribution in [0.4, 0.5) is 8.78 Å². The topological polar surface area (TPSA) is 57.7 Å². The molecule has 2 rings (SSSR count). The SMILES string of the molecule is CC1(C)C[C@@H]1C(=O)N(CC(F)F)C1CCN(S(C)(=O)=O)CC1. The second kappa shape index (κ2) is 6.03. The number of sulfonamides is 1. The average molecular weight is 338 g/mol. The first-order chi connectivity index (χ1) is 10.0. The lowest BCUT2D eigenvalue weighted by Gasteiger charge is -2.38. The Kier molecular flexibility index (Phi) is 4.82. The molecule has 1 saturated carbocycles. The van der Waals surface area contributed by atoms with Gasteiger partial charge in [-0.05, 0) is 24.7 Å². The first kappa shape index (κ1) is 17.6. The summed E-state index contributed by atoms with van der Waals surface area (Å²) in [6.07, 6.45) is 0.131. The van der Waals surface area contributed by atoms with Gasteiger partial charge in [0.25, 0.3) is 6.43 Å². The third kappa shape index (κ3) is 3.95. The summed E-state index contributed by atoms with van der Waals surface area (Å²) >= 11 is 0. The Morgan fingerprint density at radius 1 is 1.32 bits per heavy atom. The zero-order chi connectivity index (χ0) is 16.7. The van der Waals surface area contributed by atoms with Crippen molar-refractivity contribution in [2.45, 2.75) is 45.6 Å². The van der Waals surface area contributed by atoms with Crippen molar-refractivity contribution in [3.63, 3.8) is 0 Å². The van der Waals surface area contributed by atoms with Crippen molar-refractivity contribution in [1.82, 2.24) is 9.21 Å². The zero-order valence-electron chi connectivity index (χ0n) is 13.3. The predicted molar refractivity (Wildman–Crippen MR) is 79.0 cm³/mol. The van der Waals surface area contributed by atoms with Crippen LogP contribution in [-0.4, -0.2) is 61.9 Å². The Balaban J connectivity index is 2.03. The summed E-state index contributed by atoms with van der Waals surface area (Å²) in [5, 5.41) is 0. The number of piperidine rings is 1. The number of carbonyl (C=O) groups is 1. The molecule has 1 aliphatic heterocycles. The Hall–Kier alpha value is -0.760. The van der Waals surface area contributed by atoms with Crippen LogP contribution >= 0.6 is 0 Å². The second-order valence-electron chi connectivity index (χ2n) is 7.02. The van der Waals surface area contributed by atoms with E-state index in [0.717, 1.165) is 12.7 Å². The average Bonchev–Trinajstić information content (AvgIpc) is 3.03. The summed E-state index contributed by atoms with van der Waals surface area (Å²) in [6, 6.07) is -0.295. The number of amides is 1. The van der Waals surface area contributed by atoms with E-state index in [9.17, 15) is 22.0 Å². The van der Waals surface area contributed by atoms with Gasteiger partial charge in [0.1, 0.15) is 0 Å². The van der Waals surface area contributed by atoms with Gasteiger partial charge in [0.15, 0.2) is 0 Å². The highest BCUT2D eigenvalue weighted by Gasteiger charge is 2.53. The molecule has 0 unspecified atom stereocenters. The largest absolute Gasteiger partial charge is 0.334 e. The fourth-order valence-electron chi connectivity index (χ4n) is 3.14. The van der Waals surface area contributed by atoms with Crippen molar-refractivity contribution < 1.29 is 22.0 Å². The van der Waals surface area contributed by atoms with Crippen LogP contribution in [0.2, 0.25) is 0 Å². The highest BCUT2D eigenvalue weighted by Crippen LogP contribution is 2.52. The van der Waals surface area contributed by atoms with Crippen molar-refractivity contribution in [3.8, 4) is 0 Å². The molecular formula is C14H24F2N2O3S. The summed E-state index contributed by atoms with van der Waals surface area (Å²) in [5.41, 5.74) is -0.106. The van der Waals surface area contributed by atoms with Crippen molar-refractivity contribution in [2.75, 3.05) is 25.9 Å². The van der Waals surface area contributed by atoms with Gasteiger partial charge in [0, 0.05) is 25.0 Å². The van der Waals surface area contributed by atoms with Crippen molar-refractivity contribution in [1.29, 1.82) is 0 Å². The van der Waals surface area contributed by atoms with Gasteiger partial charge in [0.05, 0.1) is 12.8 Å². The fraction of sp³-hybridized carbons (Fsp3) is 0.929. The van der Waals surface area contributed by atoms with E-state index in [1.807, 2.05) is 13.8 Å². The molecule has 1 amide bonds. The summed E-state index contributed by atoms with van der Waals surface area (Å²) in [6.45, 7) is 3.93. The molecule has 2 aliphatic rings. The van der Waals surface area contributed by atoms with Crippen LogP contribution < -0.4 is 0 Å². The predicted octanol–water partition coefficient (Wildman–Crippen LogP) is 1.55. The van der Waals surface area contributed by atoms with Gasteiger partial charge in [-0.25, -0.2) is 21.5 Å². The van der Waals surface area contributed by atoms with E-state index in [1.54, 1.807) is 0 Å². The Bertz CT molecular complexity index is 528. The zero-order valence-corrected chi connectivity index (χ0v) is 14.1. The van der Waals surface area contributed by atoms with E-state index in [2.05, 4.69) is 0 Å². The highest BCUT2D eigenvalue weighted by atomic mass is 32.2. The number of rotatable bonds is 5. The standard InChI is InChI=1S/C14H24F2N2O3S/c1-14(2)8-11(14)13(19)18(9-12(15)16)10-4-6-17(7-5-10)22(3,20)21/h10-12H,4-9H2,1-3H3/t11-/m1/s1. The number of carbonyl (C=O) groups excluding carboxylic acids is 1. The van der Waals surface area contributed by atoms with E-state index >= 15 is 0 Å². The lowest BCUT2D eigenvalue weighted by atomic mass is 10.0. The molecule has 2 fully saturated rings. The third-order valence-electron chi connectivity index (χ3n) is 4.76. The van der Waals surface area contributed by atoms with Gasteiger partial charge in [-0.1, -0.05) is 13.8 Å². The van der Waals surface area contributed by atoms with Crippen molar-refractivity contribution in [2.24, 2.45) is 11.3 Å². The second-order valence-corrected chi connectivity index (χ2v) is 9.00. The van der Waals surface area contributed by atoms with Gasteiger partial charge in [-0.2, -0.15) is 0 Å². The first-order valence-corrected chi connectivity index (χ1v) is 9.41. The molecule has 0 radical (unpaired) electrons. The summed E-state index contributed by atoms with van der Waals surface area (Å²) in [7, 11) is -3.26. The number of halogens is 2. The van der Waals surface area contributed by atoms with Crippen molar-refractivity contribution >= 4 is 15.9 Å². The minimum atomic E-state index is -3.26. The maximum Gasteiger partial charge on any atom is 0.255 e. The molecule has 0 N–H and O–H groups in total. The quantitative estimate of drug-likeness (QED) is 0.764. The number of alkyl halides is 2. The molecule has 0 bridgehead atoms. The molecule has 128 valence electrons. The van der Waals surface area contributed by atoms with Gasteiger partial charge in [-0.3, -0.25) is 4.79 Å². The van der Waals surface area contributed by atoms with E-state index in [4.69, 9.17) is 0 Å². The van der Waals surface area contributed by atoms with Crippen LogP contribution in [0.3, 0.4) is 0 Å². The molecule has 0 aromatic carbocycles. The monoisotopic (exact) mass is 338 g/mol. The lowest BCUT2D eigenvalue weighted by molar-refractivity contribution is -0.138. The summed E-state index contributed by atoms with van der Waals surface area (Å²) in [5.74, 6) is -0.387. The minimum Gasteiger partial charge on any atom is -0.334 e. The number of nitrogens with zero attached hydrogens (tertiary/aromatic N) is 2. The molecule has 1 saturated heterocycles. The Morgan fingerprint density at radius 3 is 2.18 bits per heavy atom. The van der Waals surface area contributed by atoms with Crippen LogP contribution in [0.15, 0.2) is 0 Å². The molecule has 8 heteroatoms. The molecule has 1 atom stereocenters. The maximum absolute atomic E-state index is 12.8. The van der Waals surface area contributed by atoms with Gasteiger partial charge >= 0.3 is 0 Å². The minimum absolute atomic E-state index is 0.106. The summed E-state index contributed by atoms with van der Waals surface area (Å²) in [4.78, 5) is 13.8. The van der Waals surface area contributed by atoms with Crippen molar-refractivity contribution in [3.05, 3.63) is 0 Å². The molecular weight excluding hydrogens is 314 g/mol. The van der Waals surface area contributed by atoms with E-state index < -0.39 is 23.0 Å². The molecule has 5 nitrogen and oxygen atoms in total. The fourth-order valence-corrected chi connectivity index (χ4v) is 4.02. The van der Waals surface area contributed by atoms with E-state index in [-0.39, 0.29) is 36.4 Å². The molecule has 0 spiro atoms. The first-order valence-electron chi connectivity index (χ1n) is 7.56. The van der Waals surface area contributed by atoms with Gasteiger partial charge < -0.3 is 4.90 Å². The third-order valence-corrected chi connectivity index (χ3v) is 6.07. The van der Waals surface area contributed by atoms with Crippen LogP contribution in [-0.2, 0) is 14.8 Å². The van der Waals surface area contributed by atoms with Crippen LogP contribution in [0.5, 0.6) is 0 Å². The number of hydrogen-bond acceptors (Lipinski definition) is 3. The van der Waals surface area contributed by atoms with Crippen LogP contribution in [0.1, 0.15) is 33.1 Å². The number of hydrogen-bond donors (Lipinski definition) is 0. The normalized spacial score (nSPS) is 26.2. The Labute approximate surface area is 130 Å². The van der Waals surface area contributed by atoms with Crippen LogP contribution in [0.25, 0.3) is 0 Å². The molecule has 0 aromatic heterocycles. The van der Waals surface area contributed by atoms with Gasteiger partial charge in [0.2, 0.25) is 15.9 Å². The Morgan fingerprint density at radius 2 is 1.82 bits per heavy atom. The maximum atomic E-state index is 12.8. The molecule has 22 heavy (non-hydrogen) atoms. The molecule has 0 aromatic rings. The van der Waals surface area contributed by atoms with Gasteiger partial charge in [-0.15, -0.1) is 0 Å².